The van der Waals surface area contributed by atoms with Crippen LogP contribution >= 0.6 is 0 Å². The molecule has 2 fully saturated rings. The third kappa shape index (κ3) is 2.23. The maximum atomic E-state index is 11.3. The fourth-order valence-corrected chi connectivity index (χ4v) is 2.68. The van der Waals surface area contributed by atoms with Crippen LogP contribution in [0.1, 0.15) is 39.5 Å². The van der Waals surface area contributed by atoms with Gasteiger partial charge in [0.1, 0.15) is 0 Å². The Balaban J connectivity index is 2.00. The zero-order valence-electron chi connectivity index (χ0n) is 9.99. The predicted molar refractivity (Wildman–Crippen MR) is 58.3 cm³/mol. The molecule has 2 rings (SSSR count). The lowest BCUT2D eigenvalue weighted by molar-refractivity contribution is -0.152. The van der Waals surface area contributed by atoms with Crippen molar-refractivity contribution in [2.75, 3.05) is 13.2 Å². The zero-order chi connectivity index (χ0) is 11.8. The van der Waals surface area contributed by atoms with Crippen LogP contribution in [0.15, 0.2) is 0 Å². The van der Waals surface area contributed by atoms with E-state index in [0.717, 1.165) is 12.8 Å². The van der Waals surface area contributed by atoms with Crippen LogP contribution in [0.4, 0.5) is 0 Å². The van der Waals surface area contributed by atoms with Crippen LogP contribution in [0.3, 0.4) is 0 Å². The van der Waals surface area contributed by atoms with Crippen molar-refractivity contribution < 1.29 is 19.4 Å². The largest absolute Gasteiger partial charge is 0.481 e. The standard InChI is InChI=1S/C12H20O4/c1-11(2)4-3-9(16-11)7-12(10(13)14)5-6-15-8-12/h9H,3-8H2,1-2H3,(H,13,14). The van der Waals surface area contributed by atoms with Gasteiger partial charge in [0.05, 0.1) is 23.7 Å². The third-order valence-corrected chi connectivity index (χ3v) is 3.73. The van der Waals surface area contributed by atoms with Gasteiger partial charge in [0.2, 0.25) is 0 Å². The first kappa shape index (κ1) is 11.9. The molecule has 0 bridgehead atoms. The molecule has 0 aromatic heterocycles. The normalized spacial score (nSPS) is 37.8. The number of carbonyl (C=O) groups is 1. The second-order valence-electron chi connectivity index (χ2n) is 5.63. The minimum Gasteiger partial charge on any atom is -0.481 e. The van der Waals surface area contributed by atoms with Crippen molar-refractivity contribution in [3.05, 3.63) is 0 Å². The quantitative estimate of drug-likeness (QED) is 0.800. The third-order valence-electron chi connectivity index (χ3n) is 3.73. The van der Waals surface area contributed by atoms with Crippen molar-refractivity contribution in [1.82, 2.24) is 0 Å². The van der Waals surface area contributed by atoms with Gasteiger partial charge in [0, 0.05) is 6.61 Å². The van der Waals surface area contributed by atoms with E-state index in [0.29, 0.717) is 26.1 Å². The van der Waals surface area contributed by atoms with Crippen LogP contribution in [0.25, 0.3) is 0 Å². The molecule has 2 aliphatic heterocycles. The molecule has 2 heterocycles. The molecule has 2 atom stereocenters. The molecule has 16 heavy (non-hydrogen) atoms. The van der Waals surface area contributed by atoms with Gasteiger partial charge in [-0.25, -0.2) is 0 Å². The molecule has 4 heteroatoms. The molecule has 0 amide bonds. The van der Waals surface area contributed by atoms with Gasteiger partial charge in [-0.1, -0.05) is 0 Å². The number of hydrogen-bond acceptors (Lipinski definition) is 3. The summed E-state index contributed by atoms with van der Waals surface area (Å²) in [5.41, 5.74) is -0.797. The topological polar surface area (TPSA) is 55.8 Å². The lowest BCUT2D eigenvalue weighted by Gasteiger charge is -2.27. The van der Waals surface area contributed by atoms with Crippen LogP contribution in [0.5, 0.6) is 0 Å². The Morgan fingerprint density at radius 2 is 2.19 bits per heavy atom. The molecule has 1 N–H and O–H groups in total. The summed E-state index contributed by atoms with van der Waals surface area (Å²) < 4.78 is 11.1. The smallest absolute Gasteiger partial charge is 0.312 e. The van der Waals surface area contributed by atoms with Gasteiger partial charge in [-0.2, -0.15) is 0 Å². The molecule has 4 nitrogen and oxygen atoms in total. The van der Waals surface area contributed by atoms with Crippen LogP contribution in [-0.4, -0.2) is 36.0 Å². The summed E-state index contributed by atoms with van der Waals surface area (Å²) in [5.74, 6) is -0.738. The Labute approximate surface area is 95.9 Å². The zero-order valence-corrected chi connectivity index (χ0v) is 9.99. The van der Waals surface area contributed by atoms with Crippen LogP contribution in [0, 0.1) is 5.41 Å². The van der Waals surface area contributed by atoms with Crippen molar-refractivity contribution in [2.24, 2.45) is 5.41 Å². The Bertz CT molecular complexity index is 279. The SMILES string of the molecule is CC1(C)CCC(CC2(C(=O)O)CCOC2)O1. The lowest BCUT2D eigenvalue weighted by atomic mass is 9.81. The fraction of sp³-hybridized carbons (Fsp3) is 0.917. The second kappa shape index (κ2) is 4.00. The number of aliphatic carboxylic acids is 1. The molecule has 0 radical (unpaired) electrons. The molecule has 2 unspecified atom stereocenters. The molecular formula is C12H20O4. The molecule has 0 aromatic rings. The average molecular weight is 228 g/mol. The highest BCUT2D eigenvalue weighted by Gasteiger charge is 2.46. The molecule has 0 aliphatic carbocycles. The van der Waals surface area contributed by atoms with Crippen LogP contribution < -0.4 is 0 Å². The van der Waals surface area contributed by atoms with Gasteiger partial charge >= 0.3 is 5.97 Å². The summed E-state index contributed by atoms with van der Waals surface area (Å²) >= 11 is 0. The highest BCUT2D eigenvalue weighted by Crippen LogP contribution is 2.40. The second-order valence-corrected chi connectivity index (χ2v) is 5.63. The minimum absolute atomic E-state index is 0.0767. The van der Waals surface area contributed by atoms with E-state index < -0.39 is 11.4 Å². The molecular weight excluding hydrogens is 208 g/mol. The fourth-order valence-electron chi connectivity index (χ4n) is 2.68. The van der Waals surface area contributed by atoms with E-state index in [9.17, 15) is 9.90 Å². The predicted octanol–water partition coefficient (Wildman–Crippen LogP) is 1.83. The highest BCUT2D eigenvalue weighted by molar-refractivity contribution is 5.75. The van der Waals surface area contributed by atoms with Crippen molar-refractivity contribution in [3.63, 3.8) is 0 Å². The van der Waals surface area contributed by atoms with Crippen LogP contribution in [0.2, 0.25) is 0 Å². The number of carboxylic acids is 1. The van der Waals surface area contributed by atoms with Gasteiger partial charge in [0.25, 0.3) is 0 Å². The molecule has 2 aliphatic rings. The van der Waals surface area contributed by atoms with Crippen molar-refractivity contribution in [2.45, 2.75) is 51.2 Å². The highest BCUT2D eigenvalue weighted by atomic mass is 16.5. The lowest BCUT2D eigenvalue weighted by Crippen LogP contribution is -2.36. The Morgan fingerprint density at radius 3 is 2.62 bits per heavy atom. The van der Waals surface area contributed by atoms with Crippen LogP contribution in [-0.2, 0) is 14.3 Å². The van der Waals surface area contributed by atoms with Gasteiger partial charge in [0.15, 0.2) is 0 Å². The molecule has 0 aromatic carbocycles. The van der Waals surface area contributed by atoms with Crippen molar-refractivity contribution in [3.8, 4) is 0 Å². The number of ether oxygens (including phenoxy) is 2. The Hall–Kier alpha value is -0.610. The maximum absolute atomic E-state index is 11.3. The van der Waals surface area contributed by atoms with Gasteiger partial charge in [-0.05, 0) is 39.5 Å². The minimum atomic E-state index is -0.738. The van der Waals surface area contributed by atoms with Gasteiger partial charge in [-0.3, -0.25) is 4.79 Å². The summed E-state index contributed by atoms with van der Waals surface area (Å²) in [6.07, 6.45) is 3.25. The number of hydrogen-bond donors (Lipinski definition) is 1. The first-order valence-electron chi connectivity index (χ1n) is 5.93. The molecule has 0 spiro atoms. The average Bonchev–Trinajstić information content (AvgIpc) is 2.74. The van der Waals surface area contributed by atoms with Gasteiger partial charge < -0.3 is 14.6 Å². The van der Waals surface area contributed by atoms with Crippen molar-refractivity contribution in [1.29, 1.82) is 0 Å². The summed E-state index contributed by atoms with van der Waals surface area (Å²) in [7, 11) is 0. The molecule has 92 valence electrons. The van der Waals surface area contributed by atoms with E-state index in [2.05, 4.69) is 13.8 Å². The van der Waals surface area contributed by atoms with Crippen molar-refractivity contribution >= 4 is 5.97 Å². The van der Waals surface area contributed by atoms with E-state index in [1.165, 1.54) is 0 Å². The summed E-state index contributed by atoms with van der Waals surface area (Å²) in [4.78, 5) is 11.3. The number of carboxylic acid groups (broad SMARTS) is 1. The molecule has 2 saturated heterocycles. The maximum Gasteiger partial charge on any atom is 0.312 e. The van der Waals surface area contributed by atoms with E-state index in [1.54, 1.807) is 0 Å². The first-order valence-corrected chi connectivity index (χ1v) is 5.93. The van der Waals surface area contributed by atoms with E-state index >= 15 is 0 Å². The number of rotatable bonds is 3. The Morgan fingerprint density at radius 1 is 1.44 bits per heavy atom. The first-order chi connectivity index (χ1) is 7.44. The van der Waals surface area contributed by atoms with E-state index in [4.69, 9.17) is 9.47 Å². The molecule has 0 saturated carbocycles. The monoisotopic (exact) mass is 228 g/mol. The van der Waals surface area contributed by atoms with E-state index in [1.807, 2.05) is 0 Å². The van der Waals surface area contributed by atoms with E-state index in [-0.39, 0.29) is 11.7 Å². The summed E-state index contributed by atoms with van der Waals surface area (Å²) in [6.45, 7) is 5.02. The summed E-state index contributed by atoms with van der Waals surface area (Å²) in [6, 6.07) is 0. The Kier molecular flexibility index (Phi) is 2.97. The van der Waals surface area contributed by atoms with Gasteiger partial charge in [-0.15, -0.1) is 0 Å². The summed E-state index contributed by atoms with van der Waals surface area (Å²) in [5, 5.41) is 9.32.